The van der Waals surface area contributed by atoms with Crippen molar-refractivity contribution in [3.63, 3.8) is 0 Å². The molecular formula is C14H14FN. The molecule has 0 fully saturated rings. The van der Waals surface area contributed by atoms with E-state index < -0.39 is 0 Å². The van der Waals surface area contributed by atoms with Crippen LogP contribution in [0.4, 0.5) is 10.1 Å². The van der Waals surface area contributed by atoms with Gasteiger partial charge in [-0.05, 0) is 30.2 Å². The molecule has 0 saturated carbocycles. The fourth-order valence-electron chi connectivity index (χ4n) is 1.50. The van der Waals surface area contributed by atoms with E-state index in [0.717, 1.165) is 5.69 Å². The third kappa shape index (κ3) is 2.60. The standard InChI is InChI=1S/C14H14FN/c1-11-7-8-13(9-14(11)15)16-10-12-5-3-2-4-6-12/h2-9,16H,10H2,1H3. The Morgan fingerprint density at radius 3 is 2.50 bits per heavy atom. The number of aryl methyl sites for hydroxylation is 1. The largest absolute Gasteiger partial charge is 0.381 e. The minimum atomic E-state index is -0.168. The van der Waals surface area contributed by atoms with Crippen LogP contribution in [0.2, 0.25) is 0 Å². The Morgan fingerprint density at radius 1 is 1.06 bits per heavy atom. The van der Waals surface area contributed by atoms with E-state index in [2.05, 4.69) is 5.32 Å². The number of anilines is 1. The van der Waals surface area contributed by atoms with Crippen molar-refractivity contribution in [2.75, 3.05) is 5.32 Å². The van der Waals surface area contributed by atoms with Crippen molar-refractivity contribution in [3.8, 4) is 0 Å². The lowest BCUT2D eigenvalue weighted by molar-refractivity contribution is 0.619. The number of benzene rings is 2. The zero-order valence-corrected chi connectivity index (χ0v) is 9.20. The summed E-state index contributed by atoms with van der Waals surface area (Å²) in [5.41, 5.74) is 2.67. The first-order chi connectivity index (χ1) is 7.75. The molecule has 0 aromatic heterocycles. The molecule has 2 heteroatoms. The topological polar surface area (TPSA) is 12.0 Å². The van der Waals surface area contributed by atoms with Gasteiger partial charge in [-0.2, -0.15) is 0 Å². The zero-order chi connectivity index (χ0) is 11.4. The number of halogens is 1. The lowest BCUT2D eigenvalue weighted by atomic mass is 10.2. The molecule has 0 aliphatic carbocycles. The van der Waals surface area contributed by atoms with Crippen LogP contribution < -0.4 is 5.32 Å². The van der Waals surface area contributed by atoms with Gasteiger partial charge in [0.15, 0.2) is 0 Å². The SMILES string of the molecule is Cc1ccc(NCc2ccccc2)cc1F. The molecule has 0 radical (unpaired) electrons. The maximum absolute atomic E-state index is 13.3. The van der Waals surface area contributed by atoms with Gasteiger partial charge in [0.2, 0.25) is 0 Å². The first-order valence-electron chi connectivity index (χ1n) is 5.29. The summed E-state index contributed by atoms with van der Waals surface area (Å²) < 4.78 is 13.3. The second-order valence-electron chi connectivity index (χ2n) is 3.80. The Hall–Kier alpha value is -1.83. The van der Waals surface area contributed by atoms with Crippen LogP contribution in [0.25, 0.3) is 0 Å². The van der Waals surface area contributed by atoms with Crippen LogP contribution >= 0.6 is 0 Å². The fraction of sp³-hybridized carbons (Fsp3) is 0.143. The average molecular weight is 215 g/mol. The van der Waals surface area contributed by atoms with E-state index in [1.54, 1.807) is 13.0 Å². The number of nitrogens with one attached hydrogen (secondary N) is 1. The van der Waals surface area contributed by atoms with E-state index in [9.17, 15) is 4.39 Å². The molecule has 1 N–H and O–H groups in total. The van der Waals surface area contributed by atoms with Crippen LogP contribution in [0.5, 0.6) is 0 Å². The molecule has 2 rings (SSSR count). The first kappa shape index (κ1) is 10.7. The molecule has 2 aromatic rings. The number of hydrogen-bond acceptors (Lipinski definition) is 1. The third-order valence-corrected chi connectivity index (χ3v) is 2.51. The van der Waals surface area contributed by atoms with Gasteiger partial charge in [0.05, 0.1) is 0 Å². The number of rotatable bonds is 3. The van der Waals surface area contributed by atoms with Crippen LogP contribution in [0.3, 0.4) is 0 Å². The molecule has 0 unspecified atom stereocenters. The molecule has 0 spiro atoms. The van der Waals surface area contributed by atoms with Gasteiger partial charge in [-0.25, -0.2) is 4.39 Å². The Bertz CT molecular complexity index is 465. The van der Waals surface area contributed by atoms with Gasteiger partial charge in [-0.1, -0.05) is 36.4 Å². The Morgan fingerprint density at radius 2 is 1.81 bits per heavy atom. The van der Waals surface area contributed by atoms with Crippen molar-refractivity contribution in [3.05, 3.63) is 65.5 Å². The summed E-state index contributed by atoms with van der Waals surface area (Å²) >= 11 is 0. The molecule has 2 aromatic carbocycles. The quantitative estimate of drug-likeness (QED) is 0.822. The molecule has 0 saturated heterocycles. The highest BCUT2D eigenvalue weighted by molar-refractivity contribution is 5.45. The first-order valence-corrected chi connectivity index (χ1v) is 5.29. The third-order valence-electron chi connectivity index (χ3n) is 2.51. The summed E-state index contributed by atoms with van der Waals surface area (Å²) in [4.78, 5) is 0. The van der Waals surface area contributed by atoms with Gasteiger partial charge in [0.1, 0.15) is 5.82 Å². The molecule has 0 aliphatic rings. The van der Waals surface area contributed by atoms with Crippen LogP contribution in [-0.2, 0) is 6.54 Å². The highest BCUT2D eigenvalue weighted by Gasteiger charge is 1.98. The molecule has 16 heavy (non-hydrogen) atoms. The summed E-state index contributed by atoms with van der Waals surface area (Å²) in [7, 11) is 0. The second kappa shape index (κ2) is 4.79. The van der Waals surface area contributed by atoms with E-state index in [1.165, 1.54) is 11.6 Å². The van der Waals surface area contributed by atoms with Gasteiger partial charge in [0, 0.05) is 12.2 Å². The Kier molecular flexibility index (Phi) is 3.20. The van der Waals surface area contributed by atoms with Crippen molar-refractivity contribution < 1.29 is 4.39 Å². The minimum absolute atomic E-state index is 0.168. The maximum Gasteiger partial charge on any atom is 0.128 e. The van der Waals surface area contributed by atoms with E-state index in [1.807, 2.05) is 36.4 Å². The highest BCUT2D eigenvalue weighted by Crippen LogP contribution is 2.14. The van der Waals surface area contributed by atoms with Crippen LogP contribution in [0.15, 0.2) is 48.5 Å². The maximum atomic E-state index is 13.3. The summed E-state index contributed by atoms with van der Waals surface area (Å²) in [6, 6.07) is 15.2. The summed E-state index contributed by atoms with van der Waals surface area (Å²) in [5, 5.41) is 3.19. The van der Waals surface area contributed by atoms with E-state index in [-0.39, 0.29) is 5.82 Å². The fourth-order valence-corrected chi connectivity index (χ4v) is 1.50. The average Bonchev–Trinajstić information content (AvgIpc) is 2.32. The lowest BCUT2D eigenvalue weighted by Gasteiger charge is -2.07. The summed E-state index contributed by atoms with van der Waals surface area (Å²) in [6.07, 6.45) is 0. The van der Waals surface area contributed by atoms with E-state index >= 15 is 0 Å². The van der Waals surface area contributed by atoms with Gasteiger partial charge >= 0.3 is 0 Å². The van der Waals surface area contributed by atoms with Gasteiger partial charge in [-0.15, -0.1) is 0 Å². The normalized spacial score (nSPS) is 10.1. The minimum Gasteiger partial charge on any atom is -0.381 e. The molecule has 0 atom stereocenters. The van der Waals surface area contributed by atoms with Crippen molar-refractivity contribution in [2.24, 2.45) is 0 Å². The molecule has 1 nitrogen and oxygen atoms in total. The monoisotopic (exact) mass is 215 g/mol. The van der Waals surface area contributed by atoms with Crippen LogP contribution in [-0.4, -0.2) is 0 Å². The number of hydrogen-bond donors (Lipinski definition) is 1. The Balaban J connectivity index is 2.03. The predicted octanol–water partition coefficient (Wildman–Crippen LogP) is 3.75. The van der Waals surface area contributed by atoms with Gasteiger partial charge in [-0.3, -0.25) is 0 Å². The van der Waals surface area contributed by atoms with Crippen LogP contribution in [0, 0.1) is 12.7 Å². The Labute approximate surface area is 94.9 Å². The smallest absolute Gasteiger partial charge is 0.128 e. The molecule has 0 aliphatic heterocycles. The van der Waals surface area contributed by atoms with Gasteiger partial charge < -0.3 is 5.32 Å². The molecule has 0 bridgehead atoms. The molecule has 82 valence electrons. The highest BCUT2D eigenvalue weighted by atomic mass is 19.1. The van der Waals surface area contributed by atoms with Crippen molar-refractivity contribution in [1.82, 2.24) is 0 Å². The van der Waals surface area contributed by atoms with Crippen molar-refractivity contribution in [1.29, 1.82) is 0 Å². The van der Waals surface area contributed by atoms with E-state index in [4.69, 9.17) is 0 Å². The van der Waals surface area contributed by atoms with E-state index in [0.29, 0.717) is 12.1 Å². The second-order valence-corrected chi connectivity index (χ2v) is 3.80. The summed E-state index contributed by atoms with van der Waals surface area (Å²) in [5.74, 6) is -0.168. The van der Waals surface area contributed by atoms with Crippen LogP contribution in [0.1, 0.15) is 11.1 Å². The van der Waals surface area contributed by atoms with Crippen molar-refractivity contribution >= 4 is 5.69 Å². The predicted molar refractivity (Wildman–Crippen MR) is 64.9 cm³/mol. The lowest BCUT2D eigenvalue weighted by Crippen LogP contribution is -1.99. The summed E-state index contributed by atoms with van der Waals surface area (Å²) in [6.45, 7) is 2.47. The molecular weight excluding hydrogens is 201 g/mol. The van der Waals surface area contributed by atoms with Crippen molar-refractivity contribution in [2.45, 2.75) is 13.5 Å². The zero-order valence-electron chi connectivity index (χ0n) is 9.20. The van der Waals surface area contributed by atoms with Gasteiger partial charge in [0.25, 0.3) is 0 Å². The molecule has 0 heterocycles. The molecule has 0 amide bonds.